The van der Waals surface area contributed by atoms with Crippen LogP contribution < -0.4 is 15.0 Å². The summed E-state index contributed by atoms with van der Waals surface area (Å²) in [7, 11) is 0. The van der Waals surface area contributed by atoms with Gasteiger partial charge in [-0.3, -0.25) is 9.59 Å². The number of benzene rings is 3. The first-order chi connectivity index (χ1) is 18.4. The number of ether oxygens (including phenoxy) is 1. The fourth-order valence-electron chi connectivity index (χ4n) is 4.69. The van der Waals surface area contributed by atoms with E-state index in [0.29, 0.717) is 34.4 Å². The third-order valence-corrected chi connectivity index (χ3v) is 7.37. The number of nitrogens with zero attached hydrogens (tertiary/aromatic N) is 3. The highest BCUT2D eigenvalue weighted by molar-refractivity contribution is 6.32. The Morgan fingerprint density at radius 1 is 1.11 bits per heavy atom. The topological polar surface area (TPSA) is 67.9 Å². The van der Waals surface area contributed by atoms with Crippen molar-refractivity contribution in [2.24, 2.45) is 5.92 Å². The normalized spacial score (nSPS) is 15.8. The summed E-state index contributed by atoms with van der Waals surface area (Å²) < 4.78 is 7.84. The van der Waals surface area contributed by atoms with E-state index < -0.39 is 6.04 Å². The lowest BCUT2D eigenvalue weighted by Gasteiger charge is -2.25. The molecule has 1 aliphatic heterocycles. The second-order valence-corrected chi connectivity index (χ2v) is 9.65. The van der Waals surface area contributed by atoms with Crippen LogP contribution in [0.15, 0.2) is 72.8 Å². The molecule has 0 radical (unpaired) electrons. The van der Waals surface area contributed by atoms with Crippen LogP contribution in [-0.4, -0.2) is 29.0 Å². The van der Waals surface area contributed by atoms with Crippen LogP contribution >= 0.6 is 11.6 Å². The van der Waals surface area contributed by atoms with Crippen LogP contribution in [0.5, 0.6) is 5.75 Å². The maximum atomic E-state index is 13.9. The zero-order chi connectivity index (χ0) is 26.8. The molecule has 1 aromatic heterocycles. The molecule has 5 rings (SSSR count). The van der Waals surface area contributed by atoms with E-state index in [-0.39, 0.29) is 30.9 Å². The molecule has 2 atom stereocenters. The Kier molecular flexibility index (Phi) is 7.08. The van der Waals surface area contributed by atoms with Crippen molar-refractivity contribution in [3.63, 3.8) is 0 Å². The summed E-state index contributed by atoms with van der Waals surface area (Å²) >= 11 is 7.05. The van der Waals surface area contributed by atoms with E-state index in [2.05, 4.69) is 10.2 Å². The van der Waals surface area contributed by atoms with Gasteiger partial charge in [0.25, 0.3) is 5.91 Å². The lowest BCUT2D eigenvalue weighted by molar-refractivity contribution is -0.130. The van der Waals surface area contributed by atoms with E-state index in [9.17, 15) is 9.59 Å². The molecule has 0 aliphatic carbocycles. The van der Waals surface area contributed by atoms with Crippen LogP contribution in [0.4, 0.5) is 11.4 Å². The summed E-state index contributed by atoms with van der Waals surface area (Å²) in [4.78, 5) is 31.9. The van der Waals surface area contributed by atoms with Crippen molar-refractivity contribution in [1.29, 1.82) is 0 Å². The Bertz CT molecular complexity index is 1570. The van der Waals surface area contributed by atoms with E-state index in [1.807, 2.05) is 85.1 Å². The van der Waals surface area contributed by atoms with E-state index in [1.165, 1.54) is 0 Å². The summed E-state index contributed by atoms with van der Waals surface area (Å²) in [6.45, 7) is 11.6. The van der Waals surface area contributed by atoms with Crippen LogP contribution in [0.25, 0.3) is 21.4 Å². The number of para-hydroxylation sites is 5. The zero-order valence-electron chi connectivity index (χ0n) is 21.1. The van der Waals surface area contributed by atoms with E-state index in [4.69, 9.17) is 22.9 Å². The molecule has 0 spiro atoms. The third-order valence-electron chi connectivity index (χ3n) is 6.98. The number of aromatic nitrogens is 1. The minimum Gasteiger partial charge on any atom is -0.489 e. The quantitative estimate of drug-likeness (QED) is 0.300. The molecule has 38 heavy (non-hydrogen) atoms. The molecule has 2 heterocycles. The average molecular weight is 527 g/mol. The number of hydrogen-bond acceptors (Lipinski definition) is 3. The van der Waals surface area contributed by atoms with Crippen molar-refractivity contribution in [2.45, 2.75) is 32.9 Å². The molecule has 2 amide bonds. The van der Waals surface area contributed by atoms with Crippen LogP contribution in [0.2, 0.25) is 5.15 Å². The van der Waals surface area contributed by atoms with Gasteiger partial charge in [-0.05, 0) is 30.7 Å². The highest BCUT2D eigenvalue weighted by Crippen LogP contribution is 2.39. The molecule has 192 valence electrons. The van der Waals surface area contributed by atoms with Crippen molar-refractivity contribution in [3.8, 4) is 11.4 Å². The van der Waals surface area contributed by atoms with Gasteiger partial charge in [0.2, 0.25) is 11.6 Å². The first-order valence-electron chi connectivity index (χ1n) is 12.5. The van der Waals surface area contributed by atoms with Crippen LogP contribution in [0.3, 0.4) is 0 Å². The molecule has 1 N–H and O–H groups in total. The lowest BCUT2D eigenvalue weighted by Crippen LogP contribution is -2.51. The first kappa shape index (κ1) is 25.4. The maximum absolute atomic E-state index is 13.9. The number of anilines is 1. The Morgan fingerprint density at radius 3 is 2.55 bits per heavy atom. The van der Waals surface area contributed by atoms with Gasteiger partial charge in [0.05, 0.1) is 30.0 Å². The van der Waals surface area contributed by atoms with Gasteiger partial charge < -0.3 is 19.5 Å². The van der Waals surface area contributed by atoms with Gasteiger partial charge in [0.1, 0.15) is 23.6 Å². The van der Waals surface area contributed by atoms with Crippen LogP contribution in [0, 0.1) is 12.5 Å². The number of halogens is 1. The van der Waals surface area contributed by atoms with Crippen LogP contribution in [-0.2, 0) is 16.1 Å². The zero-order valence-corrected chi connectivity index (χ0v) is 21.9. The van der Waals surface area contributed by atoms with Crippen molar-refractivity contribution in [2.75, 3.05) is 11.5 Å². The van der Waals surface area contributed by atoms with E-state index >= 15 is 0 Å². The number of carbonyl (C=O) groups is 2. The number of carbonyl (C=O) groups excluding carboxylic acids is 2. The highest BCUT2D eigenvalue weighted by atomic mass is 35.5. The van der Waals surface area contributed by atoms with Gasteiger partial charge >= 0.3 is 0 Å². The summed E-state index contributed by atoms with van der Waals surface area (Å²) in [5, 5.41) is 4.16. The summed E-state index contributed by atoms with van der Waals surface area (Å²) in [5.74, 6) is -0.136. The Labute approximate surface area is 226 Å². The predicted molar refractivity (Wildman–Crippen MR) is 149 cm³/mol. The molecule has 0 bridgehead atoms. The van der Waals surface area contributed by atoms with E-state index in [1.54, 1.807) is 11.0 Å². The van der Waals surface area contributed by atoms with Gasteiger partial charge in [-0.1, -0.05) is 74.0 Å². The Morgan fingerprint density at radius 2 is 1.79 bits per heavy atom. The Hall–Kier alpha value is -4.28. The van der Waals surface area contributed by atoms with Gasteiger partial charge in [-0.25, -0.2) is 4.85 Å². The molecular weight excluding hydrogens is 500 g/mol. The third kappa shape index (κ3) is 4.48. The molecule has 7 nitrogen and oxygen atoms in total. The standard InChI is InChI=1S/C30H27ClN4O3/c1-4-19(2)29(36)33-23-18-38-27-16-10-9-15-26(27)34(30(23)37)17-21-20-11-5-7-13-24(20)35(28(21)31)25-14-8-6-12-22(25)32-3/h5-16,19,23H,4,17-18H2,1-2H3,(H,33,36)/t19-,23+/m1/s1. The number of fused-ring (bicyclic) bond motifs is 2. The summed E-state index contributed by atoms with van der Waals surface area (Å²) in [6, 6.07) is 21.5. The molecule has 0 unspecified atom stereocenters. The van der Waals surface area contributed by atoms with Crippen molar-refractivity contribution < 1.29 is 14.3 Å². The number of nitrogens with one attached hydrogen (secondary N) is 1. The SMILES string of the molecule is [C-]#[N+]c1ccccc1-n1c(Cl)c(CN2C(=O)[C@@H](NC(=O)[C@H](C)CC)COc3ccccc32)c2ccccc21. The van der Waals surface area contributed by atoms with Crippen LogP contribution in [0.1, 0.15) is 25.8 Å². The van der Waals surface area contributed by atoms with Crippen molar-refractivity contribution in [1.82, 2.24) is 9.88 Å². The average Bonchev–Trinajstić information content (AvgIpc) is 3.15. The number of hydrogen-bond donors (Lipinski definition) is 1. The van der Waals surface area contributed by atoms with E-state index in [0.717, 1.165) is 16.5 Å². The second kappa shape index (κ2) is 10.6. The molecule has 1 aliphatic rings. The molecule has 0 fully saturated rings. The largest absolute Gasteiger partial charge is 0.489 e. The minimum absolute atomic E-state index is 0.0302. The molecule has 0 saturated heterocycles. The predicted octanol–water partition coefficient (Wildman–Crippen LogP) is 6.29. The number of amides is 2. The molecule has 4 aromatic rings. The summed E-state index contributed by atoms with van der Waals surface area (Å²) in [5.41, 5.74) is 3.31. The fourth-order valence-corrected chi connectivity index (χ4v) is 5.03. The Balaban J connectivity index is 1.62. The molecule has 0 saturated carbocycles. The van der Waals surface area contributed by atoms with Gasteiger partial charge in [-0.15, -0.1) is 0 Å². The van der Waals surface area contributed by atoms with Crippen molar-refractivity contribution in [3.05, 3.63) is 94.9 Å². The molecule has 8 heteroatoms. The summed E-state index contributed by atoms with van der Waals surface area (Å²) in [6.07, 6.45) is 0.665. The van der Waals surface area contributed by atoms with Gasteiger partial charge in [-0.2, -0.15) is 0 Å². The molecular formula is C30H27ClN4O3. The van der Waals surface area contributed by atoms with Gasteiger partial charge in [0.15, 0.2) is 0 Å². The fraction of sp³-hybridized carbons (Fsp3) is 0.233. The first-order valence-corrected chi connectivity index (χ1v) is 12.9. The van der Waals surface area contributed by atoms with Crippen molar-refractivity contribution >= 4 is 45.7 Å². The van der Waals surface area contributed by atoms with Gasteiger partial charge in [0, 0.05) is 16.9 Å². The highest BCUT2D eigenvalue weighted by Gasteiger charge is 2.34. The monoisotopic (exact) mass is 526 g/mol. The second-order valence-electron chi connectivity index (χ2n) is 9.30. The molecule has 3 aromatic carbocycles. The lowest BCUT2D eigenvalue weighted by atomic mass is 10.1. The maximum Gasteiger partial charge on any atom is 0.253 e. The number of rotatable bonds is 6. The minimum atomic E-state index is -0.848. The smallest absolute Gasteiger partial charge is 0.253 e.